The molecule has 1 rings (SSSR count). The first-order valence-electron chi connectivity index (χ1n) is 5.65. The van der Waals surface area contributed by atoms with Gasteiger partial charge in [-0.25, -0.2) is 0 Å². The quantitative estimate of drug-likeness (QED) is 0.761. The van der Waals surface area contributed by atoms with E-state index >= 15 is 0 Å². The molecule has 0 aliphatic rings. The number of benzene rings is 1. The van der Waals surface area contributed by atoms with Gasteiger partial charge in [0.25, 0.3) is 5.91 Å². The van der Waals surface area contributed by atoms with Crippen molar-refractivity contribution in [2.45, 2.75) is 20.3 Å². The van der Waals surface area contributed by atoms with Crippen molar-refractivity contribution < 1.29 is 14.6 Å². The Morgan fingerprint density at radius 1 is 1.35 bits per heavy atom. The summed E-state index contributed by atoms with van der Waals surface area (Å²) in [5.41, 5.74) is 2.55. The van der Waals surface area contributed by atoms with Gasteiger partial charge in [0.15, 0.2) is 0 Å². The third-order valence-corrected chi connectivity index (χ3v) is 2.82. The van der Waals surface area contributed by atoms with Crippen LogP contribution in [0.15, 0.2) is 12.1 Å². The Bertz CT molecular complexity index is 402. The molecule has 17 heavy (non-hydrogen) atoms. The predicted octanol–water partition coefficient (Wildman–Crippen LogP) is 1.42. The van der Waals surface area contributed by atoms with Gasteiger partial charge in [0.2, 0.25) is 0 Å². The monoisotopic (exact) mass is 237 g/mol. The highest BCUT2D eigenvalue weighted by Crippen LogP contribution is 2.23. The normalized spacial score (nSPS) is 10.1. The van der Waals surface area contributed by atoms with Crippen LogP contribution in [0.5, 0.6) is 5.75 Å². The van der Waals surface area contributed by atoms with Gasteiger partial charge in [0.1, 0.15) is 5.75 Å². The van der Waals surface area contributed by atoms with Gasteiger partial charge < -0.3 is 15.2 Å². The number of aliphatic hydroxyl groups is 1. The Kier molecular flexibility index (Phi) is 4.97. The molecule has 0 bridgehead atoms. The van der Waals surface area contributed by atoms with Crippen molar-refractivity contribution in [2.24, 2.45) is 0 Å². The molecule has 0 radical (unpaired) electrons. The lowest BCUT2D eigenvalue weighted by Crippen LogP contribution is -2.26. The number of carbonyl (C=O) groups is 1. The number of amides is 1. The summed E-state index contributed by atoms with van der Waals surface area (Å²) in [5, 5.41) is 11.4. The standard InChI is InChI=1S/C13H19NO3/c1-9-10(2)12(17-3)6-5-11(9)13(16)14-7-4-8-15/h5-6,15H,4,7-8H2,1-3H3,(H,14,16). The second kappa shape index (κ2) is 6.25. The van der Waals surface area contributed by atoms with Gasteiger partial charge in [0.05, 0.1) is 7.11 Å². The van der Waals surface area contributed by atoms with Crippen molar-refractivity contribution in [1.29, 1.82) is 0 Å². The van der Waals surface area contributed by atoms with Crippen LogP contribution in [0.2, 0.25) is 0 Å². The Morgan fingerprint density at radius 3 is 2.65 bits per heavy atom. The van der Waals surface area contributed by atoms with Crippen molar-refractivity contribution >= 4 is 5.91 Å². The number of hydrogen-bond donors (Lipinski definition) is 2. The summed E-state index contributed by atoms with van der Waals surface area (Å²) in [5.74, 6) is 0.677. The fourth-order valence-electron chi connectivity index (χ4n) is 1.64. The molecule has 0 unspecified atom stereocenters. The highest BCUT2D eigenvalue weighted by atomic mass is 16.5. The maximum absolute atomic E-state index is 11.9. The topological polar surface area (TPSA) is 58.6 Å². The van der Waals surface area contributed by atoms with Crippen molar-refractivity contribution in [2.75, 3.05) is 20.3 Å². The van der Waals surface area contributed by atoms with Crippen LogP contribution in [-0.4, -0.2) is 31.3 Å². The molecular formula is C13H19NO3. The zero-order valence-electron chi connectivity index (χ0n) is 10.5. The molecule has 0 aliphatic carbocycles. The second-order valence-corrected chi connectivity index (χ2v) is 3.90. The highest BCUT2D eigenvalue weighted by molar-refractivity contribution is 5.96. The average Bonchev–Trinajstić information content (AvgIpc) is 2.32. The number of methoxy groups -OCH3 is 1. The summed E-state index contributed by atoms with van der Waals surface area (Å²) in [6, 6.07) is 3.55. The summed E-state index contributed by atoms with van der Waals surface area (Å²) in [6.07, 6.45) is 0.569. The Morgan fingerprint density at radius 2 is 2.06 bits per heavy atom. The van der Waals surface area contributed by atoms with Gasteiger partial charge in [-0.15, -0.1) is 0 Å². The van der Waals surface area contributed by atoms with Crippen LogP contribution in [0.4, 0.5) is 0 Å². The Labute approximate surface area is 102 Å². The van der Waals surface area contributed by atoms with E-state index in [2.05, 4.69) is 5.32 Å². The first-order valence-corrected chi connectivity index (χ1v) is 5.65. The first-order chi connectivity index (χ1) is 8.11. The SMILES string of the molecule is COc1ccc(C(=O)NCCCO)c(C)c1C. The number of ether oxygens (including phenoxy) is 1. The van der Waals surface area contributed by atoms with Gasteiger partial charge in [-0.3, -0.25) is 4.79 Å². The number of hydrogen-bond acceptors (Lipinski definition) is 3. The van der Waals surface area contributed by atoms with E-state index in [1.807, 2.05) is 13.8 Å². The van der Waals surface area contributed by atoms with E-state index in [-0.39, 0.29) is 12.5 Å². The van der Waals surface area contributed by atoms with Crippen molar-refractivity contribution in [1.82, 2.24) is 5.32 Å². The van der Waals surface area contributed by atoms with Gasteiger partial charge in [0, 0.05) is 18.7 Å². The Balaban J connectivity index is 2.84. The van der Waals surface area contributed by atoms with E-state index < -0.39 is 0 Å². The number of aliphatic hydroxyl groups excluding tert-OH is 1. The molecule has 1 amide bonds. The van der Waals surface area contributed by atoms with Crippen LogP contribution in [0.3, 0.4) is 0 Å². The fourth-order valence-corrected chi connectivity index (χ4v) is 1.64. The maximum atomic E-state index is 11.9. The maximum Gasteiger partial charge on any atom is 0.251 e. The lowest BCUT2D eigenvalue weighted by molar-refractivity contribution is 0.0950. The van der Waals surface area contributed by atoms with Crippen LogP contribution in [0.25, 0.3) is 0 Å². The Hall–Kier alpha value is -1.55. The summed E-state index contributed by atoms with van der Waals surface area (Å²) in [7, 11) is 1.61. The van der Waals surface area contributed by atoms with Crippen molar-refractivity contribution in [3.63, 3.8) is 0 Å². The first kappa shape index (κ1) is 13.5. The van der Waals surface area contributed by atoms with Crippen LogP contribution in [-0.2, 0) is 0 Å². The van der Waals surface area contributed by atoms with Crippen LogP contribution >= 0.6 is 0 Å². The van der Waals surface area contributed by atoms with Gasteiger partial charge in [-0.1, -0.05) is 0 Å². The molecule has 94 valence electrons. The summed E-state index contributed by atoms with van der Waals surface area (Å²) in [6.45, 7) is 4.40. The smallest absolute Gasteiger partial charge is 0.251 e. The van der Waals surface area contributed by atoms with E-state index in [9.17, 15) is 4.79 Å². The number of nitrogens with one attached hydrogen (secondary N) is 1. The van der Waals surface area contributed by atoms with E-state index in [4.69, 9.17) is 9.84 Å². The minimum Gasteiger partial charge on any atom is -0.496 e. The summed E-state index contributed by atoms with van der Waals surface area (Å²) < 4.78 is 5.19. The van der Waals surface area contributed by atoms with E-state index in [0.29, 0.717) is 18.5 Å². The van der Waals surface area contributed by atoms with Crippen LogP contribution < -0.4 is 10.1 Å². The largest absolute Gasteiger partial charge is 0.496 e. The molecule has 0 fully saturated rings. The molecular weight excluding hydrogens is 218 g/mol. The molecule has 0 aliphatic heterocycles. The zero-order chi connectivity index (χ0) is 12.8. The predicted molar refractivity (Wildman–Crippen MR) is 66.5 cm³/mol. The van der Waals surface area contributed by atoms with Gasteiger partial charge in [-0.2, -0.15) is 0 Å². The lowest BCUT2D eigenvalue weighted by atomic mass is 10.0. The van der Waals surface area contributed by atoms with Crippen molar-refractivity contribution in [3.05, 3.63) is 28.8 Å². The van der Waals surface area contributed by atoms with Crippen LogP contribution in [0, 0.1) is 13.8 Å². The molecule has 0 spiro atoms. The minimum absolute atomic E-state index is 0.0842. The third-order valence-electron chi connectivity index (χ3n) is 2.82. The van der Waals surface area contributed by atoms with Crippen molar-refractivity contribution in [3.8, 4) is 5.75 Å². The lowest BCUT2D eigenvalue weighted by Gasteiger charge is -2.12. The number of rotatable bonds is 5. The number of carbonyl (C=O) groups excluding carboxylic acids is 1. The molecule has 1 aromatic carbocycles. The van der Waals surface area contributed by atoms with E-state index in [0.717, 1.165) is 16.9 Å². The molecule has 4 heteroatoms. The minimum atomic E-state index is -0.110. The highest BCUT2D eigenvalue weighted by Gasteiger charge is 2.12. The van der Waals surface area contributed by atoms with Crippen LogP contribution in [0.1, 0.15) is 27.9 Å². The molecule has 4 nitrogen and oxygen atoms in total. The molecule has 0 atom stereocenters. The van der Waals surface area contributed by atoms with E-state index in [1.165, 1.54) is 0 Å². The molecule has 0 aromatic heterocycles. The average molecular weight is 237 g/mol. The second-order valence-electron chi connectivity index (χ2n) is 3.90. The molecule has 0 saturated heterocycles. The fraction of sp³-hybridized carbons (Fsp3) is 0.462. The van der Waals surface area contributed by atoms with E-state index in [1.54, 1.807) is 19.2 Å². The third kappa shape index (κ3) is 3.20. The summed E-state index contributed by atoms with van der Waals surface area (Å²) in [4.78, 5) is 11.9. The molecule has 0 saturated carbocycles. The summed E-state index contributed by atoms with van der Waals surface area (Å²) >= 11 is 0. The molecule has 1 aromatic rings. The van der Waals surface area contributed by atoms with Gasteiger partial charge in [-0.05, 0) is 43.5 Å². The molecule has 2 N–H and O–H groups in total. The molecule has 0 heterocycles. The zero-order valence-corrected chi connectivity index (χ0v) is 10.5. The van der Waals surface area contributed by atoms with Gasteiger partial charge >= 0.3 is 0 Å².